The first kappa shape index (κ1) is 20.2. The highest BCUT2D eigenvalue weighted by molar-refractivity contribution is 6.30. The van der Waals surface area contributed by atoms with Gasteiger partial charge < -0.3 is 24.8 Å². The van der Waals surface area contributed by atoms with Crippen molar-refractivity contribution in [3.63, 3.8) is 0 Å². The quantitative estimate of drug-likeness (QED) is 0.357. The number of hydrogen-bond acceptors (Lipinski definition) is 7. The minimum absolute atomic E-state index is 0.184. The molecule has 0 atom stereocenters. The maximum atomic E-state index is 11.4. The summed E-state index contributed by atoms with van der Waals surface area (Å²) in [6.07, 6.45) is 0.462. The summed E-state index contributed by atoms with van der Waals surface area (Å²) in [6, 6.07) is 11.7. The van der Waals surface area contributed by atoms with E-state index < -0.39 is 10.7 Å². The molecule has 11 heteroatoms. The van der Waals surface area contributed by atoms with Gasteiger partial charge in [0.1, 0.15) is 5.69 Å². The molecule has 0 aliphatic carbocycles. The number of methoxy groups -OCH3 is 2. The molecule has 0 unspecified atom stereocenters. The van der Waals surface area contributed by atoms with E-state index in [0.29, 0.717) is 33.5 Å². The zero-order valence-electron chi connectivity index (χ0n) is 15.6. The van der Waals surface area contributed by atoms with Gasteiger partial charge in [0.15, 0.2) is 11.5 Å². The fourth-order valence-electron chi connectivity index (χ4n) is 2.68. The molecule has 0 bridgehead atoms. The van der Waals surface area contributed by atoms with Gasteiger partial charge >= 0.3 is 5.82 Å². The minimum Gasteiger partial charge on any atom is -0.493 e. The Kier molecular flexibility index (Phi) is 6.03. The van der Waals surface area contributed by atoms with E-state index in [-0.39, 0.29) is 12.0 Å². The number of nitro groups is 1. The Morgan fingerprint density at radius 3 is 2.48 bits per heavy atom. The van der Waals surface area contributed by atoms with Gasteiger partial charge in [-0.2, -0.15) is 0 Å². The molecule has 0 aliphatic rings. The molecule has 10 nitrogen and oxygen atoms in total. The SMILES string of the molecule is COc1ccc(CCN=c2c([N+](=O)[O-])nn(-c3ccc(Cl)cc3)n2O)cc1OC. The van der Waals surface area contributed by atoms with Crippen molar-refractivity contribution in [3.8, 4) is 17.2 Å². The van der Waals surface area contributed by atoms with Crippen molar-refractivity contribution in [2.45, 2.75) is 6.42 Å². The second kappa shape index (κ2) is 8.65. The lowest BCUT2D eigenvalue weighted by Crippen LogP contribution is -2.23. The fraction of sp³-hybridized carbons (Fsp3) is 0.222. The molecule has 3 rings (SSSR count). The van der Waals surface area contributed by atoms with Crippen LogP contribution in [0.2, 0.25) is 5.02 Å². The summed E-state index contributed by atoms with van der Waals surface area (Å²) in [5, 5.41) is 26.1. The number of hydrogen-bond donors (Lipinski definition) is 1. The van der Waals surface area contributed by atoms with E-state index in [9.17, 15) is 15.3 Å². The lowest BCUT2D eigenvalue weighted by atomic mass is 10.1. The first-order valence-corrected chi connectivity index (χ1v) is 8.85. The van der Waals surface area contributed by atoms with Crippen molar-refractivity contribution in [2.24, 2.45) is 4.99 Å². The Bertz CT molecular complexity index is 1090. The third kappa shape index (κ3) is 4.32. The normalized spacial score (nSPS) is 11.5. The fourth-order valence-corrected chi connectivity index (χ4v) is 2.80. The Morgan fingerprint density at radius 2 is 1.86 bits per heavy atom. The van der Waals surface area contributed by atoms with Crippen LogP contribution < -0.4 is 15.0 Å². The average molecular weight is 420 g/mol. The van der Waals surface area contributed by atoms with Gasteiger partial charge in [0.05, 0.1) is 19.3 Å². The lowest BCUT2D eigenvalue weighted by Gasteiger charge is -2.08. The van der Waals surface area contributed by atoms with Crippen LogP contribution in [0.3, 0.4) is 0 Å². The molecule has 0 saturated carbocycles. The van der Waals surface area contributed by atoms with E-state index in [1.165, 1.54) is 7.11 Å². The molecule has 29 heavy (non-hydrogen) atoms. The number of halogens is 1. The maximum absolute atomic E-state index is 11.4. The molecule has 152 valence electrons. The topological polar surface area (TPSA) is 117 Å². The van der Waals surface area contributed by atoms with Crippen LogP contribution >= 0.6 is 11.6 Å². The molecule has 1 N–H and O–H groups in total. The second-order valence-corrected chi connectivity index (χ2v) is 6.32. The largest absolute Gasteiger partial charge is 0.493 e. The average Bonchev–Trinajstić information content (AvgIpc) is 3.05. The van der Waals surface area contributed by atoms with Gasteiger partial charge in [-0.25, -0.2) is 0 Å². The highest BCUT2D eigenvalue weighted by atomic mass is 35.5. The van der Waals surface area contributed by atoms with Crippen LogP contribution in [0.1, 0.15) is 5.56 Å². The molecule has 1 heterocycles. The summed E-state index contributed by atoms with van der Waals surface area (Å²) in [5.74, 6) is 0.611. The monoisotopic (exact) mass is 419 g/mol. The predicted molar refractivity (Wildman–Crippen MR) is 104 cm³/mol. The third-order valence-corrected chi connectivity index (χ3v) is 4.35. The predicted octanol–water partition coefficient (Wildman–Crippen LogP) is 2.63. The van der Waals surface area contributed by atoms with Crippen LogP contribution in [-0.2, 0) is 6.42 Å². The molecule has 0 amide bonds. The molecule has 1 aromatic heterocycles. The number of benzene rings is 2. The molecule has 0 radical (unpaired) electrons. The van der Waals surface area contributed by atoms with Crippen molar-refractivity contribution in [2.75, 3.05) is 20.8 Å². The summed E-state index contributed by atoms with van der Waals surface area (Å²) < 4.78 is 10.5. The Balaban J connectivity index is 1.90. The van der Waals surface area contributed by atoms with Crippen LogP contribution in [0.5, 0.6) is 11.5 Å². The van der Waals surface area contributed by atoms with Gasteiger partial charge in [0.25, 0.3) is 5.49 Å². The molecule has 0 spiro atoms. The maximum Gasteiger partial charge on any atom is 0.438 e. The van der Waals surface area contributed by atoms with Crippen LogP contribution in [0.15, 0.2) is 47.5 Å². The van der Waals surface area contributed by atoms with Gasteiger partial charge in [-0.05, 0) is 58.1 Å². The molecule has 0 saturated heterocycles. The van der Waals surface area contributed by atoms with Crippen LogP contribution in [-0.4, -0.2) is 45.6 Å². The van der Waals surface area contributed by atoms with E-state index in [4.69, 9.17) is 21.1 Å². The summed E-state index contributed by atoms with van der Waals surface area (Å²) in [7, 11) is 3.08. The highest BCUT2D eigenvalue weighted by Gasteiger charge is 2.23. The van der Waals surface area contributed by atoms with Crippen LogP contribution in [0.25, 0.3) is 5.69 Å². The summed E-state index contributed by atoms with van der Waals surface area (Å²) in [5.41, 5.74) is 1.02. The highest BCUT2D eigenvalue weighted by Crippen LogP contribution is 2.27. The van der Waals surface area contributed by atoms with Gasteiger partial charge in [-0.1, -0.05) is 22.5 Å². The van der Waals surface area contributed by atoms with E-state index >= 15 is 0 Å². The molecule has 0 fully saturated rings. The van der Waals surface area contributed by atoms with E-state index in [2.05, 4.69) is 10.1 Å². The summed E-state index contributed by atoms with van der Waals surface area (Å²) in [6.45, 7) is 0.184. The van der Waals surface area contributed by atoms with Crippen molar-refractivity contribution < 1.29 is 19.6 Å². The second-order valence-electron chi connectivity index (χ2n) is 5.88. The van der Waals surface area contributed by atoms with E-state index in [0.717, 1.165) is 10.4 Å². The van der Waals surface area contributed by atoms with E-state index in [1.54, 1.807) is 43.5 Å². The van der Waals surface area contributed by atoms with Gasteiger partial charge in [0, 0.05) is 11.6 Å². The van der Waals surface area contributed by atoms with Crippen LogP contribution in [0, 0.1) is 10.1 Å². The minimum atomic E-state index is -0.700. The zero-order chi connectivity index (χ0) is 21.0. The van der Waals surface area contributed by atoms with Crippen molar-refractivity contribution in [3.05, 3.63) is 68.7 Å². The Morgan fingerprint density at radius 1 is 1.17 bits per heavy atom. The number of rotatable bonds is 7. The smallest absolute Gasteiger partial charge is 0.438 e. The van der Waals surface area contributed by atoms with E-state index in [1.807, 2.05) is 6.07 Å². The number of ether oxygens (including phenoxy) is 2. The molecule has 2 aromatic carbocycles. The standard InChI is InChI=1S/C18H18ClN5O5/c1-28-15-8-3-12(11-16(15)29-2)9-10-20-17-18(24(26)27)21-22(23(17)25)14-6-4-13(19)5-7-14/h3-8,11,25H,9-10H2,1-2H3. The Hall–Kier alpha value is -3.53. The van der Waals surface area contributed by atoms with Crippen molar-refractivity contribution in [1.82, 2.24) is 14.7 Å². The number of aromatic nitrogens is 3. The molecular formula is C18H18ClN5O5. The van der Waals surface area contributed by atoms with Gasteiger partial charge in [0.2, 0.25) is 0 Å². The number of nitrogens with zero attached hydrogens (tertiary/aromatic N) is 5. The third-order valence-electron chi connectivity index (χ3n) is 4.10. The molecule has 0 aliphatic heterocycles. The van der Waals surface area contributed by atoms with Crippen LogP contribution in [0.4, 0.5) is 5.82 Å². The molecular weight excluding hydrogens is 402 g/mol. The zero-order valence-corrected chi connectivity index (χ0v) is 16.4. The van der Waals surface area contributed by atoms with Gasteiger partial charge in [-0.3, -0.25) is 4.99 Å². The van der Waals surface area contributed by atoms with Gasteiger partial charge in [-0.15, -0.1) is 0 Å². The molecule has 3 aromatic rings. The Labute approximate surface area is 170 Å². The van der Waals surface area contributed by atoms with Crippen molar-refractivity contribution >= 4 is 17.4 Å². The first-order chi connectivity index (χ1) is 13.9. The lowest BCUT2D eigenvalue weighted by molar-refractivity contribution is -0.391. The summed E-state index contributed by atoms with van der Waals surface area (Å²) in [4.78, 5) is 16.3. The summed E-state index contributed by atoms with van der Waals surface area (Å²) >= 11 is 5.85. The first-order valence-electron chi connectivity index (χ1n) is 8.48. The van der Waals surface area contributed by atoms with Crippen molar-refractivity contribution in [1.29, 1.82) is 0 Å².